The Morgan fingerprint density at radius 3 is 3.05 bits per heavy atom. The first-order chi connectivity index (χ1) is 9.31. The number of amides is 1. The van der Waals surface area contributed by atoms with E-state index in [9.17, 15) is 4.79 Å². The molecule has 0 aliphatic carbocycles. The van der Waals surface area contributed by atoms with Crippen LogP contribution in [0.1, 0.15) is 6.42 Å². The number of thiazole rings is 1. The van der Waals surface area contributed by atoms with Gasteiger partial charge in [0.2, 0.25) is 5.91 Å². The van der Waals surface area contributed by atoms with Crippen molar-refractivity contribution in [3.8, 4) is 0 Å². The van der Waals surface area contributed by atoms with Gasteiger partial charge in [0.25, 0.3) is 0 Å². The summed E-state index contributed by atoms with van der Waals surface area (Å²) in [5.41, 5.74) is 0. The minimum atomic E-state index is 0.0715. The fourth-order valence-corrected chi connectivity index (χ4v) is 3.02. The van der Waals surface area contributed by atoms with Crippen molar-refractivity contribution in [1.29, 1.82) is 0 Å². The van der Waals surface area contributed by atoms with E-state index in [0.29, 0.717) is 6.54 Å². The highest BCUT2D eigenvalue weighted by Gasteiger charge is 2.25. The molecule has 0 radical (unpaired) electrons. The molecule has 0 aromatic carbocycles. The fraction of sp³-hybridized carbons (Fsp3) is 0.385. The number of carbonyl (C=O) groups excluding carboxylic acids is 1. The summed E-state index contributed by atoms with van der Waals surface area (Å²) in [4.78, 5) is 18.4. The molecular weight excluding hydrogens is 260 g/mol. The molecule has 1 atom stereocenters. The van der Waals surface area contributed by atoms with Crippen molar-refractivity contribution in [2.75, 3.05) is 18.0 Å². The van der Waals surface area contributed by atoms with Crippen LogP contribution in [0.3, 0.4) is 0 Å². The maximum atomic E-state index is 11.9. The van der Waals surface area contributed by atoms with E-state index < -0.39 is 0 Å². The molecule has 1 amide bonds. The van der Waals surface area contributed by atoms with Crippen LogP contribution in [0.25, 0.3) is 0 Å². The van der Waals surface area contributed by atoms with Crippen LogP contribution in [0, 0.1) is 0 Å². The topological polar surface area (TPSA) is 50.2 Å². The summed E-state index contributed by atoms with van der Waals surface area (Å²) in [6.45, 7) is 2.20. The average Bonchev–Trinajstić information content (AvgIpc) is 3.09. The predicted molar refractivity (Wildman–Crippen MR) is 75.3 cm³/mol. The third-order valence-electron chi connectivity index (χ3n) is 3.24. The van der Waals surface area contributed by atoms with E-state index in [0.717, 1.165) is 24.6 Å². The molecule has 2 aromatic rings. The number of hydrogen-bond acceptors (Lipinski definition) is 4. The van der Waals surface area contributed by atoms with Gasteiger partial charge in [-0.15, -0.1) is 11.3 Å². The third-order valence-corrected chi connectivity index (χ3v) is 4.07. The number of rotatable bonds is 4. The van der Waals surface area contributed by atoms with Crippen molar-refractivity contribution < 1.29 is 4.79 Å². The van der Waals surface area contributed by atoms with Crippen LogP contribution >= 0.6 is 11.3 Å². The highest BCUT2D eigenvalue weighted by atomic mass is 32.1. The number of aromatic nitrogens is 2. The Labute approximate surface area is 115 Å². The number of nitrogens with one attached hydrogen (secondary N) is 1. The first-order valence-electron chi connectivity index (χ1n) is 6.36. The van der Waals surface area contributed by atoms with Crippen LogP contribution in [0.4, 0.5) is 5.13 Å². The Balaban J connectivity index is 1.50. The van der Waals surface area contributed by atoms with Gasteiger partial charge in [-0.3, -0.25) is 4.79 Å². The van der Waals surface area contributed by atoms with E-state index in [1.807, 2.05) is 40.7 Å². The van der Waals surface area contributed by atoms with Gasteiger partial charge in [-0.1, -0.05) is 0 Å². The second-order valence-corrected chi connectivity index (χ2v) is 5.54. The standard InChI is InChI=1S/C13H16N4OS/c18-12(10-16-5-1-2-6-16)15-11-3-7-17(9-11)13-14-4-8-19-13/h1-2,4-6,8,11H,3,7,9-10H2,(H,15,18)/t11-/m1/s1. The molecule has 2 aromatic heterocycles. The number of carbonyl (C=O) groups is 1. The van der Waals surface area contributed by atoms with Gasteiger partial charge in [0, 0.05) is 43.1 Å². The molecule has 0 spiro atoms. The van der Waals surface area contributed by atoms with E-state index in [-0.39, 0.29) is 11.9 Å². The van der Waals surface area contributed by atoms with Crippen LogP contribution in [-0.2, 0) is 11.3 Å². The van der Waals surface area contributed by atoms with Gasteiger partial charge in [0.05, 0.1) is 0 Å². The van der Waals surface area contributed by atoms with Crippen LogP contribution < -0.4 is 10.2 Å². The highest BCUT2D eigenvalue weighted by Crippen LogP contribution is 2.22. The van der Waals surface area contributed by atoms with Crippen molar-refractivity contribution >= 4 is 22.4 Å². The van der Waals surface area contributed by atoms with E-state index in [2.05, 4.69) is 15.2 Å². The monoisotopic (exact) mass is 276 g/mol. The molecule has 3 rings (SSSR count). The lowest BCUT2D eigenvalue weighted by Crippen LogP contribution is -2.38. The highest BCUT2D eigenvalue weighted by molar-refractivity contribution is 7.13. The summed E-state index contributed by atoms with van der Waals surface area (Å²) in [5.74, 6) is 0.0715. The predicted octanol–water partition coefficient (Wildman–Crippen LogP) is 1.34. The molecule has 5 nitrogen and oxygen atoms in total. The van der Waals surface area contributed by atoms with Crippen molar-refractivity contribution in [3.63, 3.8) is 0 Å². The number of anilines is 1. The van der Waals surface area contributed by atoms with Gasteiger partial charge in [0.15, 0.2) is 5.13 Å². The normalized spacial score (nSPS) is 18.7. The minimum absolute atomic E-state index is 0.0715. The number of hydrogen-bond donors (Lipinski definition) is 1. The maximum absolute atomic E-state index is 11.9. The summed E-state index contributed by atoms with van der Waals surface area (Å²) in [6.07, 6.45) is 6.60. The zero-order valence-corrected chi connectivity index (χ0v) is 11.3. The smallest absolute Gasteiger partial charge is 0.240 e. The van der Waals surface area contributed by atoms with E-state index in [1.165, 1.54) is 0 Å². The zero-order chi connectivity index (χ0) is 13.1. The van der Waals surface area contributed by atoms with Crippen molar-refractivity contribution in [3.05, 3.63) is 36.1 Å². The van der Waals surface area contributed by atoms with E-state index in [1.54, 1.807) is 11.3 Å². The molecule has 6 heteroatoms. The fourth-order valence-electron chi connectivity index (χ4n) is 2.34. The molecule has 1 aliphatic rings. The lowest BCUT2D eigenvalue weighted by Gasteiger charge is -2.16. The summed E-state index contributed by atoms with van der Waals surface area (Å²) in [5, 5.41) is 6.11. The molecular formula is C13H16N4OS. The molecule has 0 bridgehead atoms. The molecule has 19 heavy (non-hydrogen) atoms. The van der Waals surface area contributed by atoms with Gasteiger partial charge < -0.3 is 14.8 Å². The van der Waals surface area contributed by atoms with Crippen LogP contribution in [0.5, 0.6) is 0 Å². The van der Waals surface area contributed by atoms with Gasteiger partial charge in [-0.05, 0) is 18.6 Å². The van der Waals surface area contributed by atoms with Gasteiger partial charge in [-0.2, -0.15) is 0 Å². The number of nitrogens with zero attached hydrogens (tertiary/aromatic N) is 3. The van der Waals surface area contributed by atoms with Crippen molar-refractivity contribution in [2.24, 2.45) is 0 Å². The summed E-state index contributed by atoms with van der Waals surface area (Å²) >= 11 is 1.64. The largest absolute Gasteiger partial charge is 0.350 e. The lowest BCUT2D eigenvalue weighted by molar-refractivity contribution is -0.122. The zero-order valence-electron chi connectivity index (χ0n) is 10.5. The van der Waals surface area contributed by atoms with Crippen LogP contribution in [0.15, 0.2) is 36.1 Å². The molecule has 1 aliphatic heterocycles. The Hall–Kier alpha value is -1.82. The Bertz CT molecular complexity index is 523. The molecule has 0 unspecified atom stereocenters. The summed E-state index contributed by atoms with van der Waals surface area (Å²) in [7, 11) is 0. The Kier molecular flexibility index (Phi) is 3.50. The molecule has 3 heterocycles. The van der Waals surface area contributed by atoms with Gasteiger partial charge >= 0.3 is 0 Å². The molecule has 100 valence electrons. The molecule has 1 N–H and O–H groups in total. The lowest BCUT2D eigenvalue weighted by atomic mass is 10.2. The van der Waals surface area contributed by atoms with E-state index in [4.69, 9.17) is 0 Å². The first kappa shape index (κ1) is 12.2. The Morgan fingerprint density at radius 2 is 2.32 bits per heavy atom. The molecule has 1 saturated heterocycles. The van der Waals surface area contributed by atoms with Crippen molar-refractivity contribution in [1.82, 2.24) is 14.9 Å². The molecule has 0 saturated carbocycles. The second kappa shape index (κ2) is 5.44. The summed E-state index contributed by atoms with van der Waals surface area (Å²) < 4.78 is 1.88. The van der Waals surface area contributed by atoms with E-state index >= 15 is 0 Å². The Morgan fingerprint density at radius 1 is 1.47 bits per heavy atom. The maximum Gasteiger partial charge on any atom is 0.240 e. The quantitative estimate of drug-likeness (QED) is 0.917. The third kappa shape index (κ3) is 2.96. The van der Waals surface area contributed by atoms with Crippen molar-refractivity contribution in [2.45, 2.75) is 19.0 Å². The first-order valence-corrected chi connectivity index (χ1v) is 7.24. The molecule has 1 fully saturated rings. The SMILES string of the molecule is O=C(Cn1cccc1)N[C@@H]1CCN(c2nccs2)C1. The van der Waals surface area contributed by atoms with Gasteiger partial charge in [-0.25, -0.2) is 4.98 Å². The van der Waals surface area contributed by atoms with Crippen LogP contribution in [-0.4, -0.2) is 34.6 Å². The average molecular weight is 276 g/mol. The minimum Gasteiger partial charge on any atom is -0.350 e. The van der Waals surface area contributed by atoms with Crippen LogP contribution in [0.2, 0.25) is 0 Å². The second-order valence-electron chi connectivity index (χ2n) is 4.67. The summed E-state index contributed by atoms with van der Waals surface area (Å²) in [6, 6.07) is 4.08. The van der Waals surface area contributed by atoms with Gasteiger partial charge in [0.1, 0.15) is 6.54 Å².